The summed E-state index contributed by atoms with van der Waals surface area (Å²) in [5.41, 5.74) is 2.39. The monoisotopic (exact) mass is 492 g/mol. The number of hydrogen-bond acceptors (Lipinski definition) is 5. The molecule has 0 N–H and O–H groups in total. The molecule has 9 heteroatoms. The van der Waals surface area contributed by atoms with Crippen molar-refractivity contribution in [1.29, 1.82) is 0 Å². The van der Waals surface area contributed by atoms with E-state index < -0.39 is 18.0 Å². The van der Waals surface area contributed by atoms with E-state index in [1.54, 1.807) is 31.2 Å². The summed E-state index contributed by atoms with van der Waals surface area (Å²) < 4.78 is 52.2. The summed E-state index contributed by atoms with van der Waals surface area (Å²) in [7, 11) is 1.33. The number of aromatic nitrogens is 2. The Morgan fingerprint density at radius 3 is 2.29 bits per heavy atom. The summed E-state index contributed by atoms with van der Waals surface area (Å²) in [5.74, 6) is -2.73. The van der Waals surface area contributed by atoms with Crippen molar-refractivity contribution in [3.8, 4) is 5.75 Å². The number of halogens is 4. The molecular formula is C25H24ClF3N2O3. The third-order valence-electron chi connectivity index (χ3n) is 5.44. The van der Waals surface area contributed by atoms with Gasteiger partial charge in [-0.2, -0.15) is 13.2 Å². The zero-order valence-electron chi connectivity index (χ0n) is 18.9. The van der Waals surface area contributed by atoms with E-state index in [2.05, 4.69) is 14.7 Å². The maximum atomic E-state index is 13.9. The van der Waals surface area contributed by atoms with Gasteiger partial charge < -0.3 is 9.47 Å². The zero-order chi connectivity index (χ0) is 24.9. The predicted octanol–water partition coefficient (Wildman–Crippen LogP) is 6.18. The van der Waals surface area contributed by atoms with Crippen LogP contribution in [0.5, 0.6) is 5.75 Å². The lowest BCUT2D eigenvalue weighted by atomic mass is 9.84. The molecule has 3 aromatic rings. The van der Waals surface area contributed by atoms with Crippen LogP contribution in [-0.4, -0.2) is 29.2 Å². The molecule has 0 spiro atoms. The first kappa shape index (κ1) is 25.5. The summed E-state index contributed by atoms with van der Waals surface area (Å²) in [6.07, 6.45) is -1.87. The average Bonchev–Trinajstić information content (AvgIpc) is 2.79. The number of nitrogens with zero attached hydrogens (tertiary/aromatic N) is 2. The molecule has 180 valence electrons. The number of rotatable bonds is 8. The smallest absolute Gasteiger partial charge is 0.397 e. The van der Waals surface area contributed by atoms with Gasteiger partial charge in [-0.1, -0.05) is 48.9 Å². The van der Waals surface area contributed by atoms with Crippen LogP contribution in [0.3, 0.4) is 0 Å². The molecule has 34 heavy (non-hydrogen) atoms. The summed E-state index contributed by atoms with van der Waals surface area (Å²) in [5, 5.41) is 0.174. The van der Waals surface area contributed by atoms with Crippen molar-refractivity contribution in [2.75, 3.05) is 7.11 Å². The first-order valence-electron chi connectivity index (χ1n) is 10.5. The zero-order valence-corrected chi connectivity index (χ0v) is 19.7. The lowest BCUT2D eigenvalue weighted by Gasteiger charge is -2.27. The van der Waals surface area contributed by atoms with Gasteiger partial charge in [0.2, 0.25) is 0 Å². The van der Waals surface area contributed by atoms with Gasteiger partial charge in [-0.3, -0.25) is 14.8 Å². The van der Waals surface area contributed by atoms with E-state index in [0.29, 0.717) is 17.0 Å². The molecule has 2 aromatic carbocycles. The van der Waals surface area contributed by atoms with E-state index in [4.69, 9.17) is 16.3 Å². The standard InChI is InChI=1S/C25H24ClF3N2O3/c1-15-12-31-22(13-30-15)24(25(27,28)29)16(2)20-9-8-19(11-21(20)26)34-14-18-6-4-17(5-7-18)10-23(32)33-3/h4-9,11-13,16,24H,10,14H2,1-3H3. The van der Waals surface area contributed by atoms with Crippen molar-refractivity contribution in [2.24, 2.45) is 0 Å². The Bertz CT molecular complexity index is 1120. The van der Waals surface area contributed by atoms with Crippen LogP contribution >= 0.6 is 11.6 Å². The molecule has 0 aliphatic heterocycles. The van der Waals surface area contributed by atoms with Crippen molar-refractivity contribution < 1.29 is 27.4 Å². The highest BCUT2D eigenvalue weighted by Crippen LogP contribution is 2.45. The van der Waals surface area contributed by atoms with Crippen LogP contribution in [0.2, 0.25) is 5.02 Å². The van der Waals surface area contributed by atoms with Gasteiger partial charge in [0.25, 0.3) is 0 Å². The Kier molecular flexibility index (Phi) is 8.15. The van der Waals surface area contributed by atoms with E-state index in [-0.39, 0.29) is 29.7 Å². The topological polar surface area (TPSA) is 61.3 Å². The van der Waals surface area contributed by atoms with Gasteiger partial charge in [0, 0.05) is 17.4 Å². The number of aryl methyl sites for hydroxylation is 1. The summed E-state index contributed by atoms with van der Waals surface area (Å²) in [6, 6.07) is 11.9. The second-order valence-corrected chi connectivity index (χ2v) is 8.34. The van der Waals surface area contributed by atoms with E-state index >= 15 is 0 Å². The first-order valence-corrected chi connectivity index (χ1v) is 10.9. The number of methoxy groups -OCH3 is 1. The number of alkyl halides is 3. The van der Waals surface area contributed by atoms with Crippen LogP contribution < -0.4 is 4.74 Å². The van der Waals surface area contributed by atoms with E-state index in [1.165, 1.54) is 26.3 Å². The van der Waals surface area contributed by atoms with Crippen molar-refractivity contribution in [3.63, 3.8) is 0 Å². The summed E-state index contributed by atoms with van der Waals surface area (Å²) in [6.45, 7) is 3.36. The van der Waals surface area contributed by atoms with Gasteiger partial charge in [0.15, 0.2) is 0 Å². The van der Waals surface area contributed by atoms with Crippen molar-refractivity contribution in [1.82, 2.24) is 9.97 Å². The van der Waals surface area contributed by atoms with Gasteiger partial charge >= 0.3 is 12.1 Å². The second kappa shape index (κ2) is 10.9. The quantitative estimate of drug-likeness (QED) is 0.351. The molecule has 5 nitrogen and oxygen atoms in total. The SMILES string of the molecule is COC(=O)Cc1ccc(COc2ccc(C(C)C(c3cnc(C)cn3)C(F)(F)F)c(Cl)c2)cc1. The molecule has 1 aromatic heterocycles. The van der Waals surface area contributed by atoms with Crippen molar-refractivity contribution in [2.45, 2.75) is 44.9 Å². The molecule has 0 aliphatic carbocycles. The molecule has 0 fully saturated rings. The van der Waals surface area contributed by atoms with Gasteiger partial charge in [0.1, 0.15) is 18.3 Å². The van der Waals surface area contributed by atoms with Crippen molar-refractivity contribution in [3.05, 3.63) is 88.0 Å². The van der Waals surface area contributed by atoms with Crippen LogP contribution in [0.4, 0.5) is 13.2 Å². The lowest BCUT2D eigenvalue weighted by molar-refractivity contribution is -0.155. The predicted molar refractivity (Wildman–Crippen MR) is 122 cm³/mol. The second-order valence-electron chi connectivity index (χ2n) is 7.93. The fourth-order valence-corrected chi connectivity index (χ4v) is 3.92. The fraction of sp³-hybridized carbons (Fsp3) is 0.320. The molecule has 0 aliphatic rings. The van der Waals surface area contributed by atoms with E-state index in [9.17, 15) is 18.0 Å². The Hall–Kier alpha value is -3.13. The summed E-state index contributed by atoms with van der Waals surface area (Å²) >= 11 is 6.37. The molecule has 2 atom stereocenters. The van der Waals surface area contributed by atoms with Crippen LogP contribution in [0.15, 0.2) is 54.9 Å². The highest BCUT2D eigenvalue weighted by atomic mass is 35.5. The first-order chi connectivity index (χ1) is 16.1. The van der Waals surface area contributed by atoms with Crippen molar-refractivity contribution >= 4 is 17.6 Å². The largest absolute Gasteiger partial charge is 0.489 e. The highest BCUT2D eigenvalue weighted by molar-refractivity contribution is 6.31. The molecule has 0 saturated heterocycles. The molecule has 0 bridgehead atoms. The normalized spacial score (nSPS) is 13.3. The Labute approximate surface area is 200 Å². The summed E-state index contributed by atoms with van der Waals surface area (Å²) in [4.78, 5) is 19.3. The maximum absolute atomic E-state index is 13.9. The molecule has 3 rings (SSSR count). The number of ether oxygens (including phenoxy) is 2. The Morgan fingerprint density at radius 1 is 1.06 bits per heavy atom. The Balaban J connectivity index is 1.72. The molecule has 0 saturated carbocycles. The van der Waals surface area contributed by atoms with Crippen LogP contribution in [-0.2, 0) is 22.6 Å². The Morgan fingerprint density at radius 2 is 1.74 bits per heavy atom. The minimum atomic E-state index is -4.53. The number of hydrogen-bond donors (Lipinski definition) is 0. The van der Waals surface area contributed by atoms with Gasteiger partial charge in [0.05, 0.1) is 24.9 Å². The van der Waals surface area contributed by atoms with Crippen LogP contribution in [0.25, 0.3) is 0 Å². The number of benzene rings is 2. The van der Waals surface area contributed by atoms with Gasteiger partial charge in [-0.05, 0) is 41.7 Å². The molecule has 0 radical (unpaired) electrons. The molecule has 2 unspecified atom stereocenters. The minimum absolute atomic E-state index is 0.155. The van der Waals surface area contributed by atoms with Gasteiger partial charge in [-0.15, -0.1) is 0 Å². The molecular weight excluding hydrogens is 469 g/mol. The molecule has 1 heterocycles. The third kappa shape index (κ3) is 6.47. The molecule has 0 amide bonds. The van der Waals surface area contributed by atoms with E-state index in [0.717, 1.165) is 17.3 Å². The van der Waals surface area contributed by atoms with E-state index in [1.807, 2.05) is 12.1 Å². The van der Waals surface area contributed by atoms with Crippen LogP contribution in [0.1, 0.15) is 46.8 Å². The number of carbonyl (C=O) groups excluding carboxylic acids is 1. The minimum Gasteiger partial charge on any atom is -0.489 e. The van der Waals surface area contributed by atoms with Crippen LogP contribution in [0, 0.1) is 6.92 Å². The lowest BCUT2D eigenvalue weighted by Crippen LogP contribution is -2.27. The maximum Gasteiger partial charge on any atom is 0.397 e. The average molecular weight is 493 g/mol. The fourth-order valence-electron chi connectivity index (χ4n) is 3.58. The van der Waals surface area contributed by atoms with Gasteiger partial charge in [-0.25, -0.2) is 0 Å². The highest BCUT2D eigenvalue weighted by Gasteiger charge is 2.46. The number of esters is 1. The third-order valence-corrected chi connectivity index (χ3v) is 5.77. The number of carbonyl (C=O) groups is 1.